The van der Waals surface area contributed by atoms with Crippen molar-refractivity contribution in [3.63, 3.8) is 0 Å². The quantitative estimate of drug-likeness (QED) is 0.672. The molecule has 0 saturated heterocycles. The molecule has 27 heavy (non-hydrogen) atoms. The highest BCUT2D eigenvalue weighted by Crippen LogP contribution is 2.25. The van der Waals surface area contributed by atoms with Gasteiger partial charge in [0.05, 0.1) is 4.47 Å². The molecule has 1 heterocycles. The van der Waals surface area contributed by atoms with Crippen LogP contribution in [-0.4, -0.2) is 28.8 Å². The molecule has 0 bridgehead atoms. The molecule has 0 aliphatic heterocycles. The van der Waals surface area contributed by atoms with Gasteiger partial charge in [-0.3, -0.25) is 0 Å². The molecule has 1 aromatic heterocycles. The fourth-order valence-electron chi connectivity index (χ4n) is 2.17. The zero-order valence-electron chi connectivity index (χ0n) is 15.3. The fraction of sp³-hybridized carbons (Fsp3) is 0.368. The van der Waals surface area contributed by atoms with Gasteiger partial charge in [-0.2, -0.15) is 0 Å². The van der Waals surface area contributed by atoms with Gasteiger partial charge in [-0.25, -0.2) is 9.59 Å². The van der Waals surface area contributed by atoms with E-state index in [2.05, 4.69) is 21.2 Å². The Morgan fingerprint density at radius 3 is 2.48 bits per heavy atom. The molecule has 2 rings (SSSR count). The Morgan fingerprint density at radius 2 is 1.85 bits per heavy atom. The molecule has 2 N–H and O–H groups in total. The number of nitrogens with one attached hydrogen (secondary N) is 1. The highest BCUT2D eigenvalue weighted by atomic mass is 79.9. The maximum atomic E-state index is 11.8. The van der Waals surface area contributed by atoms with Crippen LogP contribution in [0.5, 0.6) is 5.75 Å². The minimum Gasteiger partial charge on any atom is -0.484 e. The van der Waals surface area contributed by atoms with E-state index in [1.165, 1.54) is 0 Å². The number of benzene rings is 1. The number of carboxylic acids is 1. The van der Waals surface area contributed by atoms with Gasteiger partial charge >= 0.3 is 12.1 Å². The number of carbonyl (C=O) groups is 2. The predicted molar refractivity (Wildman–Crippen MR) is 102 cm³/mol. The SMILES string of the molecule is CC(C)(C)OC(=O)NC(Cc1ccc(COc2ccccc2Br)o1)C(=O)O. The molecule has 8 heteroatoms. The summed E-state index contributed by atoms with van der Waals surface area (Å²) in [5, 5.41) is 11.7. The molecule has 1 unspecified atom stereocenters. The van der Waals surface area contributed by atoms with Crippen LogP contribution < -0.4 is 10.1 Å². The lowest BCUT2D eigenvalue weighted by Gasteiger charge is -2.21. The smallest absolute Gasteiger partial charge is 0.408 e. The number of carbonyl (C=O) groups excluding carboxylic acids is 1. The van der Waals surface area contributed by atoms with Crippen molar-refractivity contribution in [1.82, 2.24) is 5.32 Å². The Hall–Kier alpha value is -2.48. The Bertz CT molecular complexity index is 795. The maximum Gasteiger partial charge on any atom is 0.408 e. The standard InChI is InChI=1S/C19H22BrNO6/c1-19(2,3)27-18(24)21-15(17(22)23)10-12-8-9-13(26-12)11-25-16-7-5-4-6-14(16)20/h4-9,15H,10-11H2,1-3H3,(H,21,24)(H,22,23). The van der Waals surface area contributed by atoms with Crippen LogP contribution in [0.15, 0.2) is 45.3 Å². The number of hydrogen-bond donors (Lipinski definition) is 2. The van der Waals surface area contributed by atoms with Crippen LogP contribution in [-0.2, 0) is 22.6 Å². The van der Waals surface area contributed by atoms with E-state index < -0.39 is 23.7 Å². The lowest BCUT2D eigenvalue weighted by Crippen LogP contribution is -2.44. The summed E-state index contributed by atoms with van der Waals surface area (Å²) in [7, 11) is 0. The van der Waals surface area contributed by atoms with E-state index in [-0.39, 0.29) is 13.0 Å². The number of amides is 1. The number of halogens is 1. The van der Waals surface area contributed by atoms with Gasteiger partial charge in [0.25, 0.3) is 0 Å². The van der Waals surface area contributed by atoms with Crippen molar-refractivity contribution in [3.8, 4) is 5.75 Å². The third-order valence-corrected chi connectivity index (χ3v) is 3.97. The molecule has 2 aromatic rings. The first-order valence-electron chi connectivity index (χ1n) is 8.31. The van der Waals surface area contributed by atoms with Gasteiger partial charge < -0.3 is 24.3 Å². The van der Waals surface area contributed by atoms with E-state index in [4.69, 9.17) is 13.9 Å². The monoisotopic (exact) mass is 439 g/mol. The van der Waals surface area contributed by atoms with Gasteiger partial charge in [-0.05, 0) is 61.0 Å². The summed E-state index contributed by atoms with van der Waals surface area (Å²) >= 11 is 3.39. The number of para-hydroxylation sites is 1. The van der Waals surface area contributed by atoms with Crippen molar-refractivity contribution in [2.75, 3.05) is 0 Å². The van der Waals surface area contributed by atoms with E-state index in [0.717, 1.165) is 4.47 Å². The zero-order valence-corrected chi connectivity index (χ0v) is 16.9. The Kier molecular flexibility index (Phi) is 6.90. The number of aliphatic carboxylic acids is 1. The molecule has 146 valence electrons. The van der Waals surface area contributed by atoms with Crippen molar-refractivity contribution in [2.45, 2.75) is 45.4 Å². The summed E-state index contributed by atoms with van der Waals surface area (Å²) in [5.74, 6) is 0.458. The van der Waals surface area contributed by atoms with E-state index in [1.807, 2.05) is 24.3 Å². The third kappa shape index (κ3) is 6.97. The Balaban J connectivity index is 1.94. The van der Waals surface area contributed by atoms with Crippen LogP contribution in [0.3, 0.4) is 0 Å². The number of rotatable bonds is 7. The number of carboxylic acid groups (broad SMARTS) is 1. The zero-order chi connectivity index (χ0) is 20.0. The number of ether oxygens (including phenoxy) is 2. The van der Waals surface area contributed by atoms with E-state index in [1.54, 1.807) is 32.9 Å². The summed E-state index contributed by atoms with van der Waals surface area (Å²) in [6, 6.07) is 9.62. The largest absolute Gasteiger partial charge is 0.484 e. The average molecular weight is 440 g/mol. The maximum absolute atomic E-state index is 11.8. The van der Waals surface area contributed by atoms with E-state index >= 15 is 0 Å². The number of furan rings is 1. The average Bonchev–Trinajstić information content (AvgIpc) is 2.99. The molecule has 1 aromatic carbocycles. The normalized spacial score (nSPS) is 12.3. The first kappa shape index (κ1) is 20.8. The van der Waals surface area contributed by atoms with Crippen LogP contribution in [0.4, 0.5) is 4.79 Å². The first-order chi connectivity index (χ1) is 12.6. The number of hydrogen-bond acceptors (Lipinski definition) is 5. The van der Waals surface area contributed by atoms with Crippen LogP contribution in [0.1, 0.15) is 32.3 Å². The van der Waals surface area contributed by atoms with Gasteiger partial charge in [0.15, 0.2) is 0 Å². The Labute approximate surface area is 165 Å². The van der Waals surface area contributed by atoms with Crippen LogP contribution in [0.25, 0.3) is 0 Å². The minimum atomic E-state index is -1.18. The highest BCUT2D eigenvalue weighted by molar-refractivity contribution is 9.10. The molecule has 7 nitrogen and oxygen atoms in total. The summed E-state index contributed by atoms with van der Waals surface area (Å²) < 4.78 is 17.2. The second-order valence-electron chi connectivity index (χ2n) is 6.83. The fourth-order valence-corrected chi connectivity index (χ4v) is 2.57. The third-order valence-electron chi connectivity index (χ3n) is 3.32. The van der Waals surface area contributed by atoms with Gasteiger partial charge in [-0.15, -0.1) is 0 Å². The predicted octanol–water partition coefficient (Wildman–Crippen LogP) is 4.14. The molecule has 1 amide bonds. The molecule has 0 aliphatic rings. The van der Waals surface area contributed by atoms with Gasteiger partial charge in [0.1, 0.15) is 35.5 Å². The topological polar surface area (TPSA) is 98.0 Å². The molecular formula is C19H22BrNO6. The molecule has 0 radical (unpaired) electrons. The van der Waals surface area contributed by atoms with E-state index in [0.29, 0.717) is 17.3 Å². The first-order valence-corrected chi connectivity index (χ1v) is 9.10. The van der Waals surface area contributed by atoms with Crippen LogP contribution >= 0.6 is 15.9 Å². The van der Waals surface area contributed by atoms with Gasteiger partial charge in [0.2, 0.25) is 0 Å². The molecule has 0 spiro atoms. The van der Waals surface area contributed by atoms with Crippen LogP contribution in [0.2, 0.25) is 0 Å². The second kappa shape index (κ2) is 8.94. The van der Waals surface area contributed by atoms with Crippen molar-refractivity contribution in [2.24, 2.45) is 0 Å². The molecular weight excluding hydrogens is 418 g/mol. The molecule has 0 aliphatic carbocycles. The Morgan fingerprint density at radius 1 is 1.19 bits per heavy atom. The van der Waals surface area contributed by atoms with Crippen molar-refractivity contribution < 1.29 is 28.6 Å². The van der Waals surface area contributed by atoms with Crippen molar-refractivity contribution >= 4 is 28.0 Å². The highest BCUT2D eigenvalue weighted by Gasteiger charge is 2.25. The summed E-state index contributed by atoms with van der Waals surface area (Å²) in [5.41, 5.74) is -0.714. The minimum absolute atomic E-state index is 0.0103. The lowest BCUT2D eigenvalue weighted by atomic mass is 10.1. The van der Waals surface area contributed by atoms with Crippen LogP contribution in [0, 0.1) is 0 Å². The molecule has 0 saturated carbocycles. The van der Waals surface area contributed by atoms with Crippen molar-refractivity contribution in [1.29, 1.82) is 0 Å². The summed E-state index contributed by atoms with van der Waals surface area (Å²) in [4.78, 5) is 23.2. The lowest BCUT2D eigenvalue weighted by molar-refractivity contribution is -0.139. The summed E-state index contributed by atoms with van der Waals surface area (Å²) in [6.07, 6.45) is -0.803. The molecule has 0 fully saturated rings. The summed E-state index contributed by atoms with van der Waals surface area (Å²) in [6.45, 7) is 5.30. The van der Waals surface area contributed by atoms with Crippen molar-refractivity contribution in [3.05, 3.63) is 52.4 Å². The van der Waals surface area contributed by atoms with Gasteiger partial charge in [0, 0.05) is 6.42 Å². The van der Waals surface area contributed by atoms with Gasteiger partial charge in [-0.1, -0.05) is 12.1 Å². The number of alkyl carbamates (subject to hydrolysis) is 1. The van der Waals surface area contributed by atoms with E-state index in [9.17, 15) is 14.7 Å². The molecule has 1 atom stereocenters. The second-order valence-corrected chi connectivity index (χ2v) is 7.68.